The van der Waals surface area contributed by atoms with Crippen LogP contribution in [0.5, 0.6) is 0 Å². The maximum Gasteiger partial charge on any atom is 0.338 e. The van der Waals surface area contributed by atoms with Crippen LogP contribution in [0.3, 0.4) is 0 Å². The normalized spacial score (nSPS) is 34.8. The Bertz CT molecular complexity index is 1680. The number of aliphatic hydroxyl groups is 1. The quantitative estimate of drug-likeness (QED) is 0.251. The molecule has 11 nitrogen and oxygen atoms in total. The zero-order valence-electron chi connectivity index (χ0n) is 28.5. The summed E-state index contributed by atoms with van der Waals surface area (Å²) in [6.07, 6.45) is -5.04. The second-order valence-electron chi connectivity index (χ2n) is 14.3. The van der Waals surface area contributed by atoms with Gasteiger partial charge in [0.25, 0.3) is 0 Å². The Labute approximate surface area is 284 Å². The maximum atomic E-state index is 14.7. The van der Waals surface area contributed by atoms with E-state index < -0.39 is 93.5 Å². The molecule has 0 aromatic heterocycles. The Morgan fingerprint density at radius 1 is 0.796 bits per heavy atom. The van der Waals surface area contributed by atoms with Crippen molar-refractivity contribution in [3.8, 4) is 0 Å². The first kappa shape index (κ1) is 35.7. The van der Waals surface area contributed by atoms with Crippen molar-refractivity contribution in [1.82, 2.24) is 0 Å². The van der Waals surface area contributed by atoms with Gasteiger partial charge in [0.2, 0.25) is 0 Å². The molecule has 5 rings (SSSR count). The fourth-order valence-electron chi connectivity index (χ4n) is 8.69. The van der Waals surface area contributed by atoms with E-state index in [1.807, 2.05) is 0 Å². The number of esters is 4. The second-order valence-corrected chi connectivity index (χ2v) is 14.3. The molecule has 0 saturated heterocycles. The first-order valence-electron chi connectivity index (χ1n) is 16.2. The van der Waals surface area contributed by atoms with E-state index in [0.717, 1.165) is 13.8 Å². The molecule has 260 valence electrons. The highest BCUT2D eigenvalue weighted by Crippen LogP contribution is 2.67. The highest BCUT2D eigenvalue weighted by Gasteiger charge is 2.78. The largest absolute Gasteiger partial charge is 0.459 e. The van der Waals surface area contributed by atoms with Gasteiger partial charge >= 0.3 is 23.9 Å². The molecular weight excluding hydrogens is 632 g/mol. The SMILES string of the molecule is C=CC1(C)CC(OC(=O)c2ccccc2)C2C(O)(C1=O)C(OC(C)=O)CC1C(C)(C)C(=O)C(OC(C)=O)C(OC(=O)c3ccccc3)C12C. The number of hydrogen-bond donors (Lipinski definition) is 1. The molecule has 0 aliphatic heterocycles. The summed E-state index contributed by atoms with van der Waals surface area (Å²) in [5.74, 6) is -6.87. The van der Waals surface area contributed by atoms with E-state index in [4.69, 9.17) is 18.9 Å². The lowest BCUT2D eigenvalue weighted by Crippen LogP contribution is -2.80. The third-order valence-corrected chi connectivity index (χ3v) is 10.9. The average Bonchev–Trinajstić information content (AvgIpc) is 3.05. The topological polar surface area (TPSA) is 160 Å². The molecule has 0 radical (unpaired) electrons. The predicted molar refractivity (Wildman–Crippen MR) is 174 cm³/mol. The van der Waals surface area contributed by atoms with Gasteiger partial charge in [-0.05, 0) is 43.5 Å². The van der Waals surface area contributed by atoms with Gasteiger partial charge in [-0.1, -0.05) is 63.2 Å². The van der Waals surface area contributed by atoms with Crippen LogP contribution in [-0.4, -0.2) is 70.6 Å². The van der Waals surface area contributed by atoms with Gasteiger partial charge in [-0.3, -0.25) is 19.2 Å². The summed E-state index contributed by atoms with van der Waals surface area (Å²) in [5, 5.41) is 13.0. The van der Waals surface area contributed by atoms with E-state index >= 15 is 0 Å². The lowest BCUT2D eigenvalue weighted by atomic mass is 9.39. The van der Waals surface area contributed by atoms with Gasteiger partial charge < -0.3 is 24.1 Å². The van der Waals surface area contributed by atoms with Crippen molar-refractivity contribution in [3.63, 3.8) is 0 Å². The molecule has 0 heterocycles. The van der Waals surface area contributed by atoms with Crippen LogP contribution in [0.4, 0.5) is 0 Å². The van der Waals surface area contributed by atoms with Crippen LogP contribution < -0.4 is 0 Å². The van der Waals surface area contributed by atoms with Gasteiger partial charge in [-0.25, -0.2) is 9.59 Å². The zero-order valence-corrected chi connectivity index (χ0v) is 28.5. The fraction of sp³-hybridized carbons (Fsp3) is 0.474. The number of ketones is 2. The van der Waals surface area contributed by atoms with Crippen molar-refractivity contribution in [1.29, 1.82) is 0 Å². The van der Waals surface area contributed by atoms with Gasteiger partial charge in [0.1, 0.15) is 12.2 Å². The minimum atomic E-state index is -2.55. The second kappa shape index (κ2) is 12.7. The minimum Gasteiger partial charge on any atom is -0.459 e. The molecule has 49 heavy (non-hydrogen) atoms. The van der Waals surface area contributed by atoms with Crippen LogP contribution in [-0.2, 0) is 38.1 Å². The van der Waals surface area contributed by atoms with Crippen LogP contribution >= 0.6 is 0 Å². The molecule has 2 aromatic rings. The lowest BCUT2D eigenvalue weighted by Gasteiger charge is -2.67. The van der Waals surface area contributed by atoms with Crippen molar-refractivity contribution in [2.45, 2.75) is 84.4 Å². The molecule has 11 heteroatoms. The molecule has 0 spiro atoms. The van der Waals surface area contributed by atoms with Crippen LogP contribution in [0.25, 0.3) is 0 Å². The summed E-state index contributed by atoms with van der Waals surface area (Å²) < 4.78 is 23.7. The highest BCUT2D eigenvalue weighted by atomic mass is 16.6. The monoisotopic (exact) mass is 674 g/mol. The standard InChI is InChI=1S/C38H42O11/c1-8-36(6)20-25(48-32(42)23-15-11-9-12-16-23)29-37(7)26(19-27(46-21(2)39)38(29,45)34(36)44)35(4,5)30(41)28(47-22(3)40)31(37)49-33(43)24-17-13-10-14-18-24/h8-18,25-29,31,45H,1,19-20H2,2-7H3. The van der Waals surface area contributed by atoms with E-state index in [9.17, 15) is 33.9 Å². The molecule has 9 unspecified atom stereocenters. The Hall–Kier alpha value is -4.64. The Kier molecular flexibility index (Phi) is 9.22. The molecule has 3 aliphatic rings. The van der Waals surface area contributed by atoms with Crippen molar-refractivity contribution in [2.24, 2.45) is 28.1 Å². The van der Waals surface area contributed by atoms with E-state index in [2.05, 4.69) is 6.58 Å². The van der Waals surface area contributed by atoms with Gasteiger partial charge in [0, 0.05) is 37.0 Å². The summed E-state index contributed by atoms with van der Waals surface area (Å²) in [4.78, 5) is 81.6. The van der Waals surface area contributed by atoms with E-state index in [1.54, 1.807) is 76.2 Å². The summed E-state index contributed by atoms with van der Waals surface area (Å²) in [6.45, 7) is 12.5. The van der Waals surface area contributed by atoms with Gasteiger partial charge in [0.05, 0.1) is 16.5 Å². The number of hydrogen-bond acceptors (Lipinski definition) is 11. The molecule has 1 N–H and O–H groups in total. The molecule has 9 atom stereocenters. The summed E-state index contributed by atoms with van der Waals surface area (Å²) >= 11 is 0. The number of rotatable bonds is 7. The number of allylic oxidation sites excluding steroid dienone is 1. The minimum absolute atomic E-state index is 0.136. The zero-order chi connectivity index (χ0) is 36.1. The van der Waals surface area contributed by atoms with Gasteiger partial charge in [0.15, 0.2) is 29.4 Å². The predicted octanol–water partition coefficient (Wildman–Crippen LogP) is 4.45. The van der Waals surface area contributed by atoms with Gasteiger partial charge in [-0.15, -0.1) is 6.58 Å². The number of Topliss-reactive ketones (excluding diaryl/α,β-unsaturated/α-hetero) is 2. The van der Waals surface area contributed by atoms with Crippen molar-refractivity contribution in [2.75, 3.05) is 0 Å². The third-order valence-electron chi connectivity index (χ3n) is 10.9. The average molecular weight is 675 g/mol. The van der Waals surface area contributed by atoms with Crippen molar-refractivity contribution < 1.29 is 52.8 Å². The Balaban J connectivity index is 1.79. The van der Waals surface area contributed by atoms with Crippen LogP contribution in [0, 0.1) is 28.1 Å². The van der Waals surface area contributed by atoms with Crippen LogP contribution in [0.2, 0.25) is 0 Å². The Morgan fingerprint density at radius 3 is 1.80 bits per heavy atom. The Morgan fingerprint density at radius 2 is 1.31 bits per heavy atom. The summed E-state index contributed by atoms with van der Waals surface area (Å²) in [5.41, 5.74) is -6.67. The fourth-order valence-corrected chi connectivity index (χ4v) is 8.69. The van der Waals surface area contributed by atoms with Crippen LogP contribution in [0.15, 0.2) is 73.3 Å². The first-order valence-corrected chi connectivity index (χ1v) is 16.2. The first-order chi connectivity index (χ1) is 22.9. The number of carbonyl (C=O) groups excluding carboxylic acids is 6. The van der Waals surface area contributed by atoms with E-state index in [1.165, 1.54) is 18.2 Å². The number of carbonyl (C=O) groups is 6. The molecular formula is C38H42O11. The molecule has 0 bridgehead atoms. The van der Waals surface area contributed by atoms with Crippen LogP contribution in [0.1, 0.15) is 75.1 Å². The summed E-state index contributed by atoms with van der Waals surface area (Å²) in [6, 6.07) is 16.1. The van der Waals surface area contributed by atoms with E-state index in [0.29, 0.717) is 0 Å². The number of ether oxygens (including phenoxy) is 4. The van der Waals surface area contributed by atoms with E-state index in [-0.39, 0.29) is 24.0 Å². The van der Waals surface area contributed by atoms with Crippen molar-refractivity contribution >= 4 is 35.4 Å². The maximum absolute atomic E-state index is 14.7. The van der Waals surface area contributed by atoms with Gasteiger partial charge in [-0.2, -0.15) is 0 Å². The molecule has 3 fully saturated rings. The molecule has 0 amide bonds. The summed E-state index contributed by atoms with van der Waals surface area (Å²) in [7, 11) is 0. The highest BCUT2D eigenvalue weighted by molar-refractivity contribution is 5.98. The third kappa shape index (κ3) is 5.77. The lowest BCUT2D eigenvalue weighted by molar-refractivity contribution is -0.286. The molecule has 3 saturated carbocycles. The number of fused-ring (bicyclic) bond motifs is 3. The molecule has 3 aliphatic carbocycles. The smallest absolute Gasteiger partial charge is 0.338 e. The van der Waals surface area contributed by atoms with Crippen molar-refractivity contribution in [3.05, 3.63) is 84.4 Å². The number of benzene rings is 2. The molecule has 2 aromatic carbocycles.